The first-order chi connectivity index (χ1) is 14.7. The first-order valence-corrected chi connectivity index (χ1v) is 11.4. The molecule has 1 saturated heterocycles. The van der Waals surface area contributed by atoms with Gasteiger partial charge < -0.3 is 9.64 Å². The molecular formula is C23H26N4O2S. The lowest BCUT2D eigenvalue weighted by Crippen LogP contribution is -2.40. The van der Waals surface area contributed by atoms with Crippen LogP contribution < -0.4 is 4.90 Å². The molecule has 1 aromatic carbocycles. The highest BCUT2D eigenvalue weighted by atomic mass is 32.2. The molecule has 5 rings (SSSR count). The molecular weight excluding hydrogens is 396 g/mol. The summed E-state index contributed by atoms with van der Waals surface area (Å²) in [5.74, 6) is 0.622. The number of carbonyl (C=O) groups excluding carboxylic acids is 1. The van der Waals surface area contributed by atoms with E-state index in [2.05, 4.69) is 14.3 Å². The van der Waals surface area contributed by atoms with Crippen LogP contribution in [0.2, 0.25) is 0 Å². The van der Waals surface area contributed by atoms with Crippen molar-refractivity contribution in [3.8, 4) is 0 Å². The number of methoxy groups -OCH3 is 1. The topological polar surface area (TPSA) is 59.7 Å². The molecule has 1 spiro atoms. The predicted octanol–water partition coefficient (Wildman–Crippen LogP) is 4.83. The van der Waals surface area contributed by atoms with Gasteiger partial charge in [0.05, 0.1) is 17.6 Å². The second kappa shape index (κ2) is 7.95. The second-order valence-corrected chi connectivity index (χ2v) is 9.41. The molecule has 3 aromatic rings. The van der Waals surface area contributed by atoms with E-state index in [4.69, 9.17) is 9.72 Å². The Bertz CT molecular complexity index is 1060. The molecule has 1 aliphatic heterocycles. The van der Waals surface area contributed by atoms with E-state index in [1.165, 1.54) is 57.4 Å². The van der Waals surface area contributed by atoms with Crippen LogP contribution in [0.5, 0.6) is 0 Å². The zero-order chi connectivity index (χ0) is 20.6. The highest BCUT2D eigenvalue weighted by Gasteiger charge is 2.37. The second-order valence-electron chi connectivity index (χ2n) is 8.33. The number of esters is 1. The van der Waals surface area contributed by atoms with E-state index in [9.17, 15) is 4.79 Å². The van der Waals surface area contributed by atoms with Crippen LogP contribution in [-0.2, 0) is 4.74 Å². The van der Waals surface area contributed by atoms with Crippen molar-refractivity contribution in [3.05, 3.63) is 48.4 Å². The van der Waals surface area contributed by atoms with Gasteiger partial charge in [0.15, 0.2) is 5.65 Å². The van der Waals surface area contributed by atoms with Gasteiger partial charge in [-0.25, -0.2) is 14.8 Å². The molecule has 0 atom stereocenters. The zero-order valence-electron chi connectivity index (χ0n) is 17.2. The number of ether oxygens (including phenoxy) is 1. The number of hydrogen-bond donors (Lipinski definition) is 0. The van der Waals surface area contributed by atoms with Gasteiger partial charge in [-0.05, 0) is 43.2 Å². The van der Waals surface area contributed by atoms with Crippen molar-refractivity contribution in [1.29, 1.82) is 0 Å². The van der Waals surface area contributed by atoms with Crippen LogP contribution in [0.25, 0.3) is 5.65 Å². The molecule has 0 unspecified atom stereocenters. The van der Waals surface area contributed by atoms with Crippen LogP contribution >= 0.6 is 11.8 Å². The molecule has 2 aromatic heterocycles. The third kappa shape index (κ3) is 3.45. The third-order valence-electron chi connectivity index (χ3n) is 6.66. The van der Waals surface area contributed by atoms with E-state index in [0.29, 0.717) is 11.0 Å². The summed E-state index contributed by atoms with van der Waals surface area (Å²) in [6.45, 7) is 2.11. The Kier molecular flexibility index (Phi) is 5.15. The summed E-state index contributed by atoms with van der Waals surface area (Å²) >= 11 is 1.50. The van der Waals surface area contributed by atoms with Crippen molar-refractivity contribution < 1.29 is 9.53 Å². The molecule has 0 bridgehead atoms. The zero-order valence-corrected chi connectivity index (χ0v) is 18.0. The molecule has 0 N–H and O–H groups in total. The summed E-state index contributed by atoms with van der Waals surface area (Å²) in [5.41, 5.74) is 2.00. The summed E-state index contributed by atoms with van der Waals surface area (Å²) in [7, 11) is 1.40. The predicted molar refractivity (Wildman–Crippen MR) is 117 cm³/mol. The number of imidazole rings is 1. The number of hydrogen-bond acceptors (Lipinski definition) is 6. The standard InChI is InChI=1S/C23H26N4O2S/c1-29-21(28)17-6-2-3-7-18(17)30-19-16-25-22(27-15-12-24-20(19)27)26-13-10-23(11-14-26)8-4-5-9-23/h2-3,6-7,12,15-16H,4-5,8-11,13-14H2,1H3. The molecule has 7 heteroatoms. The summed E-state index contributed by atoms with van der Waals surface area (Å²) < 4.78 is 7.01. The maximum Gasteiger partial charge on any atom is 0.339 e. The van der Waals surface area contributed by atoms with E-state index in [1.54, 1.807) is 6.07 Å². The van der Waals surface area contributed by atoms with Crippen LogP contribution in [0.4, 0.5) is 5.95 Å². The number of piperidine rings is 1. The quantitative estimate of drug-likeness (QED) is 0.562. The van der Waals surface area contributed by atoms with E-state index in [0.717, 1.165) is 34.5 Å². The number of rotatable bonds is 4. The van der Waals surface area contributed by atoms with Gasteiger partial charge in [-0.1, -0.05) is 36.7 Å². The summed E-state index contributed by atoms with van der Waals surface area (Å²) in [6.07, 6.45) is 13.8. The van der Waals surface area contributed by atoms with E-state index < -0.39 is 0 Å². The number of fused-ring (bicyclic) bond motifs is 1. The van der Waals surface area contributed by atoms with Crippen molar-refractivity contribution in [1.82, 2.24) is 14.4 Å². The van der Waals surface area contributed by atoms with Crippen LogP contribution in [0.15, 0.2) is 52.6 Å². The van der Waals surface area contributed by atoms with Gasteiger partial charge in [-0.15, -0.1) is 0 Å². The van der Waals surface area contributed by atoms with Crippen molar-refractivity contribution in [2.75, 3.05) is 25.1 Å². The van der Waals surface area contributed by atoms with E-state index in [-0.39, 0.29) is 5.97 Å². The molecule has 0 amide bonds. The van der Waals surface area contributed by atoms with Gasteiger partial charge in [0, 0.05) is 36.6 Å². The molecule has 0 radical (unpaired) electrons. The Balaban J connectivity index is 1.42. The number of anilines is 1. The monoisotopic (exact) mass is 422 g/mol. The maximum absolute atomic E-state index is 12.1. The highest BCUT2D eigenvalue weighted by Crippen LogP contribution is 2.46. The van der Waals surface area contributed by atoms with E-state index in [1.807, 2.05) is 36.8 Å². The van der Waals surface area contributed by atoms with Gasteiger partial charge in [0.1, 0.15) is 0 Å². The Morgan fingerprint density at radius 2 is 1.83 bits per heavy atom. The minimum absolute atomic E-state index is 0.337. The largest absolute Gasteiger partial charge is 0.465 e. The van der Waals surface area contributed by atoms with Gasteiger partial charge in [0.2, 0.25) is 5.95 Å². The molecule has 3 heterocycles. The molecule has 6 nitrogen and oxygen atoms in total. The van der Waals surface area contributed by atoms with E-state index >= 15 is 0 Å². The normalized spacial score (nSPS) is 18.2. The maximum atomic E-state index is 12.1. The van der Waals surface area contributed by atoms with Gasteiger partial charge in [0.25, 0.3) is 0 Å². The lowest BCUT2D eigenvalue weighted by atomic mass is 9.77. The molecule has 30 heavy (non-hydrogen) atoms. The summed E-state index contributed by atoms with van der Waals surface area (Å²) in [5, 5.41) is 0. The average Bonchev–Trinajstić information content (AvgIpc) is 3.45. The molecule has 1 saturated carbocycles. The van der Waals surface area contributed by atoms with Crippen molar-refractivity contribution in [2.45, 2.75) is 48.3 Å². The highest BCUT2D eigenvalue weighted by molar-refractivity contribution is 7.99. The fourth-order valence-corrected chi connectivity index (χ4v) is 5.94. The average molecular weight is 423 g/mol. The van der Waals surface area contributed by atoms with Gasteiger partial charge >= 0.3 is 5.97 Å². The fourth-order valence-electron chi connectivity index (χ4n) is 4.95. The fraction of sp³-hybridized carbons (Fsp3) is 0.435. The van der Waals surface area contributed by atoms with Gasteiger partial charge in [-0.2, -0.15) is 0 Å². The van der Waals surface area contributed by atoms with Crippen LogP contribution in [0.1, 0.15) is 48.9 Å². The summed E-state index contributed by atoms with van der Waals surface area (Å²) in [6, 6.07) is 7.48. The molecule has 2 aliphatic rings. The lowest BCUT2D eigenvalue weighted by molar-refractivity contribution is 0.0597. The third-order valence-corrected chi connectivity index (χ3v) is 7.74. The minimum Gasteiger partial charge on any atom is -0.465 e. The SMILES string of the molecule is COC(=O)c1ccccc1Sc1cnc(N2CCC3(CCCC3)CC2)n2ccnc12. The Morgan fingerprint density at radius 3 is 2.60 bits per heavy atom. The Morgan fingerprint density at radius 1 is 1.07 bits per heavy atom. The first-order valence-electron chi connectivity index (χ1n) is 10.6. The van der Waals surface area contributed by atoms with Crippen molar-refractivity contribution >= 4 is 29.3 Å². The molecule has 156 valence electrons. The molecule has 2 fully saturated rings. The first kappa shape index (κ1) is 19.4. The van der Waals surface area contributed by atoms with Crippen molar-refractivity contribution in [3.63, 3.8) is 0 Å². The summed E-state index contributed by atoms with van der Waals surface area (Å²) in [4.78, 5) is 25.7. The smallest absolute Gasteiger partial charge is 0.339 e. The lowest BCUT2D eigenvalue weighted by Gasteiger charge is -2.39. The number of benzene rings is 1. The molecule has 1 aliphatic carbocycles. The number of aromatic nitrogens is 3. The number of carbonyl (C=O) groups is 1. The Hall–Kier alpha value is -2.54. The van der Waals surface area contributed by atoms with Crippen LogP contribution in [0.3, 0.4) is 0 Å². The number of nitrogens with zero attached hydrogens (tertiary/aromatic N) is 4. The Labute approximate surface area is 180 Å². The van der Waals surface area contributed by atoms with Crippen LogP contribution in [0, 0.1) is 5.41 Å². The van der Waals surface area contributed by atoms with Gasteiger partial charge in [-0.3, -0.25) is 4.40 Å². The minimum atomic E-state index is -0.337. The van der Waals surface area contributed by atoms with Crippen molar-refractivity contribution in [2.24, 2.45) is 5.41 Å². The van der Waals surface area contributed by atoms with Crippen LogP contribution in [-0.4, -0.2) is 40.5 Å².